The third-order valence-electron chi connectivity index (χ3n) is 3.93. The van der Waals surface area contributed by atoms with Gasteiger partial charge in [-0.1, -0.05) is 69.3 Å². The Hall–Kier alpha value is -1.66. The molecule has 0 aromatic heterocycles. The zero-order chi connectivity index (χ0) is 16.4. The minimum absolute atomic E-state index is 0.367. The fourth-order valence-electron chi connectivity index (χ4n) is 2.42. The molecule has 0 radical (unpaired) electrons. The second kappa shape index (κ2) is 6.22. The van der Waals surface area contributed by atoms with E-state index < -0.39 is 7.14 Å². The lowest BCUT2D eigenvalue weighted by atomic mass is 10.1. The van der Waals surface area contributed by atoms with Crippen molar-refractivity contribution in [2.45, 2.75) is 39.8 Å². The Morgan fingerprint density at radius 3 is 1.95 bits per heavy atom. The van der Waals surface area contributed by atoms with Crippen LogP contribution in [0.2, 0.25) is 0 Å². The van der Waals surface area contributed by atoms with E-state index in [9.17, 15) is 4.57 Å². The van der Waals surface area contributed by atoms with Gasteiger partial charge >= 0.3 is 0 Å². The number of aliphatic imine (C=N–C) groups is 1. The van der Waals surface area contributed by atoms with Gasteiger partial charge in [0.1, 0.15) is 0 Å². The maximum Gasteiger partial charge on any atom is 0.158 e. The molecular weight excluding hydrogens is 289 g/mol. The standard InChI is InChI=1S/C19H24NOP/c1-15-10-9-11-16(2)18(15)20-14-22(21,19(3,4)5)17-12-7-6-8-13-17/h6-14H,1-5H3. The van der Waals surface area contributed by atoms with E-state index in [0.717, 1.165) is 22.1 Å². The van der Waals surface area contributed by atoms with Crippen molar-refractivity contribution in [3.63, 3.8) is 0 Å². The maximum atomic E-state index is 13.7. The lowest BCUT2D eigenvalue weighted by Gasteiger charge is -2.28. The van der Waals surface area contributed by atoms with E-state index in [1.807, 2.05) is 83.1 Å². The third-order valence-corrected chi connectivity index (χ3v) is 7.42. The Bertz CT molecular complexity index is 707. The van der Waals surface area contributed by atoms with Gasteiger partial charge in [0.2, 0.25) is 0 Å². The van der Waals surface area contributed by atoms with Crippen LogP contribution in [-0.2, 0) is 4.57 Å². The highest BCUT2D eigenvalue weighted by Crippen LogP contribution is 2.54. The van der Waals surface area contributed by atoms with Crippen LogP contribution in [-0.4, -0.2) is 11.1 Å². The highest BCUT2D eigenvalue weighted by Gasteiger charge is 2.36. The topological polar surface area (TPSA) is 29.4 Å². The normalized spacial score (nSPS) is 15.0. The van der Waals surface area contributed by atoms with Gasteiger partial charge in [-0.05, 0) is 25.0 Å². The first-order valence-electron chi connectivity index (χ1n) is 7.52. The van der Waals surface area contributed by atoms with Crippen molar-refractivity contribution in [1.82, 2.24) is 0 Å². The maximum absolute atomic E-state index is 13.7. The summed E-state index contributed by atoms with van der Waals surface area (Å²) in [6.45, 7) is 10.1. The number of para-hydroxylation sites is 1. The monoisotopic (exact) mass is 313 g/mol. The number of hydrogen-bond donors (Lipinski definition) is 0. The van der Waals surface area contributed by atoms with E-state index in [2.05, 4.69) is 4.99 Å². The average Bonchev–Trinajstić information content (AvgIpc) is 2.46. The van der Waals surface area contributed by atoms with Crippen LogP contribution in [0.25, 0.3) is 0 Å². The second-order valence-electron chi connectivity index (χ2n) is 6.65. The fraction of sp³-hybridized carbons (Fsp3) is 0.316. The van der Waals surface area contributed by atoms with Gasteiger partial charge in [0.25, 0.3) is 0 Å². The van der Waals surface area contributed by atoms with E-state index >= 15 is 0 Å². The van der Waals surface area contributed by atoms with Gasteiger partial charge in [-0.15, -0.1) is 0 Å². The van der Waals surface area contributed by atoms with Gasteiger partial charge in [-0.2, -0.15) is 0 Å². The number of hydrogen-bond acceptors (Lipinski definition) is 2. The first-order valence-corrected chi connectivity index (χ1v) is 9.30. The van der Waals surface area contributed by atoms with Crippen molar-refractivity contribution in [3.05, 3.63) is 59.7 Å². The van der Waals surface area contributed by atoms with Crippen molar-refractivity contribution >= 4 is 24.1 Å². The molecule has 0 spiro atoms. The third kappa shape index (κ3) is 3.23. The van der Waals surface area contributed by atoms with Crippen LogP contribution in [0.1, 0.15) is 31.9 Å². The predicted molar refractivity (Wildman–Crippen MR) is 97.5 cm³/mol. The Kier molecular flexibility index (Phi) is 4.72. The van der Waals surface area contributed by atoms with Crippen molar-refractivity contribution in [2.75, 3.05) is 0 Å². The summed E-state index contributed by atoms with van der Waals surface area (Å²) in [7, 11) is -2.75. The van der Waals surface area contributed by atoms with Crippen molar-refractivity contribution in [1.29, 1.82) is 0 Å². The molecule has 116 valence electrons. The van der Waals surface area contributed by atoms with Crippen LogP contribution in [0.4, 0.5) is 5.69 Å². The number of aryl methyl sites for hydroxylation is 2. The molecule has 22 heavy (non-hydrogen) atoms. The van der Waals surface area contributed by atoms with Gasteiger partial charge in [0.15, 0.2) is 7.14 Å². The summed E-state index contributed by atoms with van der Waals surface area (Å²) in [4.78, 5) is 4.63. The molecular formula is C19H24NOP. The summed E-state index contributed by atoms with van der Waals surface area (Å²) in [5.74, 6) is 1.69. The molecule has 0 N–H and O–H groups in total. The molecule has 1 unspecified atom stereocenters. The molecule has 2 aromatic carbocycles. The van der Waals surface area contributed by atoms with E-state index in [1.54, 1.807) is 5.96 Å². The van der Waals surface area contributed by atoms with Crippen LogP contribution in [0.5, 0.6) is 0 Å². The largest absolute Gasteiger partial charge is 0.312 e. The lowest BCUT2D eigenvalue weighted by molar-refractivity contribution is 0.566. The summed E-state index contributed by atoms with van der Waals surface area (Å²) in [5.41, 5.74) is 3.12. The molecule has 1 atom stereocenters. The number of rotatable bonds is 3. The van der Waals surface area contributed by atoms with Crippen molar-refractivity contribution in [3.8, 4) is 0 Å². The van der Waals surface area contributed by atoms with E-state index in [0.29, 0.717) is 0 Å². The number of benzene rings is 2. The van der Waals surface area contributed by atoms with Gasteiger partial charge in [0.05, 0.1) is 11.6 Å². The molecule has 0 aliphatic rings. The molecule has 2 rings (SSSR count). The second-order valence-corrected chi connectivity index (χ2v) is 10.1. The summed E-state index contributed by atoms with van der Waals surface area (Å²) in [5, 5.41) is 0.492. The predicted octanol–water partition coefficient (Wildman–Crippen LogP) is 5.45. The van der Waals surface area contributed by atoms with E-state index in [1.165, 1.54) is 0 Å². The first-order chi connectivity index (χ1) is 10.3. The zero-order valence-electron chi connectivity index (χ0n) is 14.0. The Balaban J connectivity index is 2.54. The van der Waals surface area contributed by atoms with Gasteiger partial charge in [0, 0.05) is 10.5 Å². The molecule has 0 saturated carbocycles. The van der Waals surface area contributed by atoms with Gasteiger partial charge < -0.3 is 4.57 Å². The van der Waals surface area contributed by atoms with E-state index in [-0.39, 0.29) is 5.16 Å². The summed E-state index contributed by atoms with van der Waals surface area (Å²) in [6.07, 6.45) is 0. The van der Waals surface area contributed by atoms with Crippen LogP contribution in [0.15, 0.2) is 53.5 Å². The number of nitrogens with zero attached hydrogens (tertiary/aromatic N) is 1. The Labute approximate surface area is 133 Å². The Morgan fingerprint density at radius 2 is 1.45 bits per heavy atom. The van der Waals surface area contributed by atoms with Gasteiger partial charge in [-0.25, -0.2) is 0 Å². The van der Waals surface area contributed by atoms with Crippen LogP contribution >= 0.6 is 7.14 Å². The quantitative estimate of drug-likeness (QED) is 0.547. The van der Waals surface area contributed by atoms with Crippen molar-refractivity contribution < 1.29 is 4.57 Å². The van der Waals surface area contributed by atoms with Crippen LogP contribution in [0.3, 0.4) is 0 Å². The summed E-state index contributed by atoms with van der Waals surface area (Å²) >= 11 is 0. The molecule has 0 saturated heterocycles. The zero-order valence-corrected chi connectivity index (χ0v) is 14.9. The molecule has 0 heterocycles. The SMILES string of the molecule is Cc1cccc(C)c1N=CP(=O)(c1ccccc1)C(C)(C)C. The minimum Gasteiger partial charge on any atom is -0.312 e. The molecule has 2 aromatic rings. The highest BCUT2D eigenvalue weighted by molar-refractivity contribution is 7.86. The minimum atomic E-state index is -2.75. The lowest BCUT2D eigenvalue weighted by Crippen LogP contribution is -2.23. The molecule has 0 aliphatic heterocycles. The fourth-order valence-corrected chi connectivity index (χ4v) is 4.57. The van der Waals surface area contributed by atoms with Crippen molar-refractivity contribution in [2.24, 2.45) is 4.99 Å². The first kappa shape index (κ1) is 16.7. The molecule has 0 amide bonds. The van der Waals surface area contributed by atoms with Crippen LogP contribution < -0.4 is 5.30 Å². The molecule has 0 fully saturated rings. The highest BCUT2D eigenvalue weighted by atomic mass is 31.2. The van der Waals surface area contributed by atoms with E-state index in [4.69, 9.17) is 0 Å². The van der Waals surface area contributed by atoms with Crippen LogP contribution in [0, 0.1) is 13.8 Å². The molecule has 3 heteroatoms. The molecule has 0 bridgehead atoms. The van der Waals surface area contributed by atoms with Gasteiger partial charge in [-0.3, -0.25) is 4.99 Å². The molecule has 0 aliphatic carbocycles. The Morgan fingerprint density at radius 1 is 0.909 bits per heavy atom. The summed E-state index contributed by atoms with van der Waals surface area (Å²) < 4.78 is 13.7. The average molecular weight is 313 g/mol. The summed E-state index contributed by atoms with van der Waals surface area (Å²) in [6, 6.07) is 15.8. The smallest absolute Gasteiger partial charge is 0.158 e. The molecule has 2 nitrogen and oxygen atoms in total.